The van der Waals surface area contributed by atoms with E-state index in [2.05, 4.69) is 31.0 Å². The molecule has 1 fully saturated rings. The Morgan fingerprint density at radius 3 is 2.67 bits per heavy atom. The van der Waals surface area contributed by atoms with Crippen molar-refractivity contribution in [2.75, 3.05) is 39.9 Å². The minimum atomic E-state index is 0.360. The van der Waals surface area contributed by atoms with Gasteiger partial charge in [0.15, 0.2) is 0 Å². The standard InChI is InChI=1S/C15H32N2O/c1-15(2,3)14-13-17(11-8-9-16-14)10-6-5-7-12-18-4/h14,16H,5-13H2,1-4H3. The number of hydrogen-bond acceptors (Lipinski definition) is 3. The van der Waals surface area contributed by atoms with Crippen molar-refractivity contribution in [3.63, 3.8) is 0 Å². The Bertz CT molecular complexity index is 213. The molecule has 0 radical (unpaired) electrons. The topological polar surface area (TPSA) is 24.5 Å². The molecule has 1 heterocycles. The molecule has 1 aliphatic rings. The van der Waals surface area contributed by atoms with Gasteiger partial charge in [-0.1, -0.05) is 20.8 Å². The van der Waals surface area contributed by atoms with Gasteiger partial charge in [-0.15, -0.1) is 0 Å². The summed E-state index contributed by atoms with van der Waals surface area (Å²) in [5.41, 5.74) is 0.360. The Hall–Kier alpha value is -0.120. The zero-order valence-electron chi connectivity index (χ0n) is 12.8. The van der Waals surface area contributed by atoms with Crippen LogP contribution in [0, 0.1) is 5.41 Å². The predicted octanol–water partition coefficient (Wildman–Crippen LogP) is 2.51. The third-order valence-electron chi connectivity index (χ3n) is 3.85. The molecule has 0 spiro atoms. The molecule has 108 valence electrons. The lowest BCUT2D eigenvalue weighted by molar-refractivity contribution is 0.181. The zero-order chi connectivity index (χ0) is 13.4. The Morgan fingerprint density at radius 2 is 2.00 bits per heavy atom. The maximum Gasteiger partial charge on any atom is 0.0462 e. The van der Waals surface area contributed by atoms with Gasteiger partial charge in [0, 0.05) is 26.3 Å². The summed E-state index contributed by atoms with van der Waals surface area (Å²) >= 11 is 0. The zero-order valence-corrected chi connectivity index (χ0v) is 12.8. The van der Waals surface area contributed by atoms with Gasteiger partial charge in [0.05, 0.1) is 0 Å². The number of methoxy groups -OCH3 is 1. The van der Waals surface area contributed by atoms with Gasteiger partial charge in [-0.05, 0) is 50.7 Å². The first-order valence-electron chi connectivity index (χ1n) is 7.48. The molecule has 1 unspecified atom stereocenters. The molecule has 1 rings (SSSR count). The number of rotatable bonds is 6. The molecule has 1 atom stereocenters. The molecule has 0 amide bonds. The van der Waals surface area contributed by atoms with Crippen molar-refractivity contribution >= 4 is 0 Å². The van der Waals surface area contributed by atoms with Crippen LogP contribution in [-0.2, 0) is 4.74 Å². The maximum atomic E-state index is 5.09. The first kappa shape index (κ1) is 15.9. The number of nitrogens with one attached hydrogen (secondary N) is 1. The number of hydrogen-bond donors (Lipinski definition) is 1. The lowest BCUT2D eigenvalue weighted by Crippen LogP contribution is -2.46. The van der Waals surface area contributed by atoms with E-state index >= 15 is 0 Å². The highest BCUT2D eigenvalue weighted by Gasteiger charge is 2.27. The fourth-order valence-corrected chi connectivity index (χ4v) is 2.53. The van der Waals surface area contributed by atoms with Crippen LogP contribution in [0.5, 0.6) is 0 Å². The van der Waals surface area contributed by atoms with Crippen LogP contribution in [0.1, 0.15) is 46.5 Å². The molecule has 0 aromatic rings. The second-order valence-corrected chi connectivity index (χ2v) is 6.58. The largest absolute Gasteiger partial charge is 0.385 e. The Balaban J connectivity index is 2.26. The predicted molar refractivity (Wildman–Crippen MR) is 78.0 cm³/mol. The molecule has 0 aromatic heterocycles. The van der Waals surface area contributed by atoms with Crippen molar-refractivity contribution in [2.24, 2.45) is 5.41 Å². The molecule has 3 nitrogen and oxygen atoms in total. The third kappa shape index (κ3) is 6.17. The Morgan fingerprint density at radius 1 is 1.22 bits per heavy atom. The minimum Gasteiger partial charge on any atom is -0.385 e. The van der Waals surface area contributed by atoms with Gasteiger partial charge in [0.2, 0.25) is 0 Å². The lowest BCUT2D eigenvalue weighted by Gasteiger charge is -2.33. The van der Waals surface area contributed by atoms with Crippen molar-refractivity contribution in [2.45, 2.75) is 52.5 Å². The van der Waals surface area contributed by atoms with Gasteiger partial charge < -0.3 is 15.0 Å². The van der Waals surface area contributed by atoms with E-state index < -0.39 is 0 Å². The number of ether oxygens (including phenoxy) is 1. The quantitative estimate of drug-likeness (QED) is 0.739. The molecule has 1 aliphatic heterocycles. The van der Waals surface area contributed by atoms with Crippen LogP contribution in [0.25, 0.3) is 0 Å². The van der Waals surface area contributed by atoms with Crippen LogP contribution in [0.15, 0.2) is 0 Å². The first-order chi connectivity index (χ1) is 8.54. The van der Waals surface area contributed by atoms with Crippen LogP contribution in [0.4, 0.5) is 0 Å². The average molecular weight is 256 g/mol. The highest BCUT2D eigenvalue weighted by atomic mass is 16.5. The van der Waals surface area contributed by atoms with E-state index in [1.807, 2.05) is 0 Å². The molecular weight excluding hydrogens is 224 g/mol. The summed E-state index contributed by atoms with van der Waals surface area (Å²) in [6.07, 6.45) is 5.08. The second kappa shape index (κ2) is 8.13. The van der Waals surface area contributed by atoms with Crippen LogP contribution >= 0.6 is 0 Å². The van der Waals surface area contributed by atoms with E-state index in [0.717, 1.165) is 6.61 Å². The summed E-state index contributed by atoms with van der Waals surface area (Å²) in [7, 11) is 1.79. The van der Waals surface area contributed by atoms with Crippen LogP contribution in [-0.4, -0.2) is 50.8 Å². The van der Waals surface area contributed by atoms with Crippen LogP contribution in [0.3, 0.4) is 0 Å². The van der Waals surface area contributed by atoms with E-state index in [1.165, 1.54) is 51.9 Å². The number of nitrogens with zero attached hydrogens (tertiary/aromatic N) is 1. The minimum absolute atomic E-state index is 0.360. The average Bonchev–Trinajstić information content (AvgIpc) is 2.54. The molecule has 1 saturated heterocycles. The molecular formula is C15H32N2O. The van der Waals surface area contributed by atoms with E-state index in [0.29, 0.717) is 11.5 Å². The summed E-state index contributed by atoms with van der Waals surface area (Å²) in [6, 6.07) is 0.624. The van der Waals surface area contributed by atoms with Crippen molar-refractivity contribution in [3.05, 3.63) is 0 Å². The normalized spacial score (nSPS) is 23.0. The lowest BCUT2D eigenvalue weighted by atomic mass is 9.86. The van der Waals surface area contributed by atoms with E-state index in [1.54, 1.807) is 7.11 Å². The van der Waals surface area contributed by atoms with Crippen LogP contribution in [0.2, 0.25) is 0 Å². The van der Waals surface area contributed by atoms with Gasteiger partial charge in [-0.3, -0.25) is 0 Å². The smallest absolute Gasteiger partial charge is 0.0462 e. The summed E-state index contributed by atoms with van der Waals surface area (Å²) in [5, 5.41) is 3.70. The van der Waals surface area contributed by atoms with Gasteiger partial charge >= 0.3 is 0 Å². The summed E-state index contributed by atoms with van der Waals surface area (Å²) in [5.74, 6) is 0. The monoisotopic (exact) mass is 256 g/mol. The van der Waals surface area contributed by atoms with Gasteiger partial charge in [-0.25, -0.2) is 0 Å². The molecule has 0 saturated carbocycles. The highest BCUT2D eigenvalue weighted by Crippen LogP contribution is 2.21. The highest BCUT2D eigenvalue weighted by molar-refractivity contribution is 4.85. The molecule has 1 N–H and O–H groups in total. The van der Waals surface area contributed by atoms with Gasteiger partial charge in [0.1, 0.15) is 0 Å². The second-order valence-electron chi connectivity index (χ2n) is 6.58. The molecule has 0 aromatic carbocycles. The van der Waals surface area contributed by atoms with Gasteiger partial charge in [-0.2, -0.15) is 0 Å². The van der Waals surface area contributed by atoms with Crippen LogP contribution < -0.4 is 5.32 Å². The first-order valence-corrected chi connectivity index (χ1v) is 7.48. The Kier molecular flexibility index (Phi) is 7.20. The third-order valence-corrected chi connectivity index (χ3v) is 3.85. The van der Waals surface area contributed by atoms with Crippen molar-refractivity contribution in [3.8, 4) is 0 Å². The summed E-state index contributed by atoms with van der Waals surface area (Å²) < 4.78 is 5.09. The van der Waals surface area contributed by atoms with Crippen molar-refractivity contribution in [1.29, 1.82) is 0 Å². The van der Waals surface area contributed by atoms with Gasteiger partial charge in [0.25, 0.3) is 0 Å². The molecule has 3 heteroatoms. The van der Waals surface area contributed by atoms with E-state index in [9.17, 15) is 0 Å². The SMILES string of the molecule is COCCCCCN1CCCNC(C(C)(C)C)C1. The maximum absolute atomic E-state index is 5.09. The molecule has 0 aliphatic carbocycles. The van der Waals surface area contributed by atoms with Crippen molar-refractivity contribution in [1.82, 2.24) is 10.2 Å². The number of unbranched alkanes of at least 4 members (excludes halogenated alkanes) is 2. The fourth-order valence-electron chi connectivity index (χ4n) is 2.53. The van der Waals surface area contributed by atoms with E-state index in [4.69, 9.17) is 4.74 Å². The molecule has 0 bridgehead atoms. The van der Waals surface area contributed by atoms with Crippen molar-refractivity contribution < 1.29 is 4.74 Å². The summed E-state index contributed by atoms with van der Waals surface area (Å²) in [4.78, 5) is 2.64. The Labute approximate surface area is 113 Å². The summed E-state index contributed by atoms with van der Waals surface area (Å²) in [6.45, 7) is 12.8. The molecule has 18 heavy (non-hydrogen) atoms. The fraction of sp³-hybridized carbons (Fsp3) is 1.00. The van der Waals surface area contributed by atoms with E-state index in [-0.39, 0.29) is 0 Å².